The number of carbonyl (C=O) groups excluding carboxylic acids is 2. The van der Waals surface area contributed by atoms with Crippen molar-refractivity contribution < 1.29 is 32.2 Å². The highest BCUT2D eigenvalue weighted by Gasteiger charge is 2.32. The van der Waals surface area contributed by atoms with Gasteiger partial charge in [0.2, 0.25) is 21.8 Å². The van der Waals surface area contributed by atoms with Crippen molar-refractivity contribution in [3.8, 4) is 17.2 Å². The minimum absolute atomic E-state index is 0.0925. The van der Waals surface area contributed by atoms with E-state index in [9.17, 15) is 18.0 Å². The summed E-state index contributed by atoms with van der Waals surface area (Å²) in [4.78, 5) is 27.9. The summed E-state index contributed by atoms with van der Waals surface area (Å²) in [6.45, 7) is 3.58. The van der Waals surface area contributed by atoms with E-state index in [-0.39, 0.29) is 18.1 Å². The molecule has 2 rings (SSSR count). The molecule has 0 bridgehead atoms. The molecule has 0 aromatic heterocycles. The van der Waals surface area contributed by atoms with Gasteiger partial charge >= 0.3 is 0 Å². The minimum Gasteiger partial charge on any atom is -0.497 e. The number of ether oxygens (including phenoxy) is 3. The van der Waals surface area contributed by atoms with E-state index in [0.29, 0.717) is 30.2 Å². The molecule has 36 heavy (non-hydrogen) atoms. The molecule has 1 atom stereocenters. The number of likely N-dealkylation sites (N-methyl/N-ethyl adjacent to an activating group) is 1. The summed E-state index contributed by atoms with van der Waals surface area (Å²) in [6.07, 6.45) is 1.36. The molecule has 0 aliphatic heterocycles. The third-order valence-electron chi connectivity index (χ3n) is 5.56. The second kappa shape index (κ2) is 13.0. The predicted molar refractivity (Wildman–Crippen MR) is 138 cm³/mol. The first-order valence-electron chi connectivity index (χ1n) is 11.5. The topological polar surface area (TPSA) is 114 Å². The number of sulfonamides is 1. The normalized spacial score (nSPS) is 11.8. The van der Waals surface area contributed by atoms with E-state index in [0.717, 1.165) is 16.1 Å². The van der Waals surface area contributed by atoms with Crippen molar-refractivity contribution in [1.29, 1.82) is 0 Å². The highest BCUT2D eigenvalue weighted by Crippen LogP contribution is 2.32. The van der Waals surface area contributed by atoms with Crippen molar-refractivity contribution in [2.24, 2.45) is 0 Å². The van der Waals surface area contributed by atoms with E-state index in [1.807, 2.05) is 6.07 Å². The highest BCUT2D eigenvalue weighted by molar-refractivity contribution is 7.92. The maximum atomic E-state index is 13.7. The van der Waals surface area contributed by atoms with Crippen LogP contribution in [0.2, 0.25) is 0 Å². The summed E-state index contributed by atoms with van der Waals surface area (Å²) < 4.78 is 42.3. The Morgan fingerprint density at radius 3 is 2.22 bits per heavy atom. The Morgan fingerprint density at radius 1 is 0.972 bits per heavy atom. The van der Waals surface area contributed by atoms with Crippen molar-refractivity contribution in [3.63, 3.8) is 0 Å². The van der Waals surface area contributed by atoms with Gasteiger partial charge in [-0.25, -0.2) is 8.42 Å². The average Bonchev–Trinajstić information content (AvgIpc) is 2.86. The molecule has 11 heteroatoms. The summed E-state index contributed by atoms with van der Waals surface area (Å²) in [7, 11) is 0.578. The van der Waals surface area contributed by atoms with Crippen LogP contribution in [0.25, 0.3) is 0 Å². The number of nitrogens with zero attached hydrogens (tertiary/aromatic N) is 2. The fraction of sp³-hybridized carbons (Fsp3) is 0.440. The van der Waals surface area contributed by atoms with Gasteiger partial charge in [-0.3, -0.25) is 13.9 Å². The maximum Gasteiger partial charge on any atom is 0.244 e. The molecule has 0 radical (unpaired) electrons. The van der Waals surface area contributed by atoms with E-state index in [2.05, 4.69) is 5.32 Å². The fourth-order valence-corrected chi connectivity index (χ4v) is 4.61. The molecule has 198 valence electrons. The molecule has 0 fully saturated rings. The Kier molecular flexibility index (Phi) is 10.4. The van der Waals surface area contributed by atoms with Crippen molar-refractivity contribution in [1.82, 2.24) is 10.2 Å². The maximum absolute atomic E-state index is 13.7. The van der Waals surface area contributed by atoms with Gasteiger partial charge in [0.15, 0.2) is 11.5 Å². The first kappa shape index (κ1) is 28.8. The molecule has 2 amide bonds. The van der Waals surface area contributed by atoms with Gasteiger partial charge in [0.1, 0.15) is 18.3 Å². The van der Waals surface area contributed by atoms with Gasteiger partial charge in [-0.15, -0.1) is 0 Å². The van der Waals surface area contributed by atoms with E-state index in [1.165, 1.54) is 31.3 Å². The van der Waals surface area contributed by atoms with Gasteiger partial charge in [-0.1, -0.05) is 19.1 Å². The molecule has 2 aromatic carbocycles. The molecule has 0 saturated heterocycles. The number of amides is 2. The number of hydrogen-bond acceptors (Lipinski definition) is 7. The van der Waals surface area contributed by atoms with Crippen LogP contribution >= 0.6 is 0 Å². The Labute approximate surface area is 213 Å². The Bertz CT molecular complexity index is 1150. The van der Waals surface area contributed by atoms with E-state index in [1.54, 1.807) is 45.2 Å². The lowest BCUT2D eigenvalue weighted by Crippen LogP contribution is -2.52. The van der Waals surface area contributed by atoms with Crippen LogP contribution < -0.4 is 23.8 Å². The molecule has 0 aliphatic rings. The third-order valence-corrected chi connectivity index (χ3v) is 6.70. The molecule has 0 saturated carbocycles. The quantitative estimate of drug-likeness (QED) is 0.431. The van der Waals surface area contributed by atoms with Gasteiger partial charge in [0, 0.05) is 19.2 Å². The zero-order chi connectivity index (χ0) is 26.9. The van der Waals surface area contributed by atoms with Gasteiger partial charge in [-0.2, -0.15) is 0 Å². The van der Waals surface area contributed by atoms with Crippen molar-refractivity contribution in [2.75, 3.05) is 45.0 Å². The molecule has 1 N–H and O–H groups in total. The average molecular weight is 522 g/mol. The second-order valence-electron chi connectivity index (χ2n) is 8.00. The van der Waals surface area contributed by atoms with E-state index < -0.39 is 28.5 Å². The molecule has 0 spiro atoms. The van der Waals surface area contributed by atoms with Crippen LogP contribution in [0.3, 0.4) is 0 Å². The zero-order valence-electron chi connectivity index (χ0n) is 21.6. The molecule has 0 unspecified atom stereocenters. The van der Waals surface area contributed by atoms with Crippen LogP contribution in [0, 0.1) is 0 Å². The van der Waals surface area contributed by atoms with Gasteiger partial charge in [0.05, 0.1) is 33.3 Å². The molecular weight excluding hydrogens is 486 g/mol. The lowest BCUT2D eigenvalue weighted by Gasteiger charge is -2.33. The summed E-state index contributed by atoms with van der Waals surface area (Å²) in [5.74, 6) is 0.500. The van der Waals surface area contributed by atoms with Gasteiger partial charge in [-0.05, 0) is 43.2 Å². The van der Waals surface area contributed by atoms with E-state index >= 15 is 0 Å². The highest BCUT2D eigenvalue weighted by atomic mass is 32.2. The van der Waals surface area contributed by atoms with Crippen LogP contribution in [0.1, 0.15) is 25.8 Å². The van der Waals surface area contributed by atoms with Crippen molar-refractivity contribution >= 4 is 27.5 Å². The molecule has 0 aliphatic carbocycles. The number of benzene rings is 2. The number of hydrogen-bond donors (Lipinski definition) is 1. The number of rotatable bonds is 13. The number of carbonyl (C=O) groups is 2. The van der Waals surface area contributed by atoms with Crippen LogP contribution in [0.5, 0.6) is 17.2 Å². The molecule has 2 aromatic rings. The lowest BCUT2D eigenvalue weighted by atomic mass is 10.1. The summed E-state index contributed by atoms with van der Waals surface area (Å²) in [5.41, 5.74) is 0.971. The van der Waals surface area contributed by atoms with Crippen LogP contribution in [-0.4, -0.2) is 71.8 Å². The first-order chi connectivity index (χ1) is 17.1. The summed E-state index contributed by atoms with van der Waals surface area (Å²) in [6, 6.07) is 10.9. The van der Waals surface area contributed by atoms with Gasteiger partial charge < -0.3 is 24.4 Å². The summed E-state index contributed by atoms with van der Waals surface area (Å²) in [5, 5.41) is 2.76. The molecule has 0 heterocycles. The smallest absolute Gasteiger partial charge is 0.244 e. The van der Waals surface area contributed by atoms with Crippen LogP contribution in [0.15, 0.2) is 42.5 Å². The third kappa shape index (κ3) is 7.27. The molecule has 10 nitrogen and oxygen atoms in total. The van der Waals surface area contributed by atoms with E-state index in [4.69, 9.17) is 14.2 Å². The van der Waals surface area contributed by atoms with Crippen LogP contribution in [-0.2, 0) is 26.2 Å². The standard InChI is InChI=1S/C25H35N3O7S/c1-7-21(25(30)26-8-2)27(16-18-10-9-11-20(14-18)33-3)24(29)17-28(36(6,31)32)19-12-13-22(34-4)23(15-19)35-5/h9-15,21H,7-8,16-17H2,1-6H3,(H,26,30)/t21-/m1/s1. The summed E-state index contributed by atoms with van der Waals surface area (Å²) >= 11 is 0. The Hall–Kier alpha value is -3.47. The minimum atomic E-state index is -3.87. The fourth-order valence-electron chi connectivity index (χ4n) is 3.77. The lowest BCUT2D eigenvalue weighted by molar-refractivity contribution is -0.140. The van der Waals surface area contributed by atoms with Crippen LogP contribution in [0.4, 0.5) is 5.69 Å². The second-order valence-corrected chi connectivity index (χ2v) is 9.91. The predicted octanol–water partition coefficient (Wildman–Crippen LogP) is 2.42. The zero-order valence-corrected chi connectivity index (χ0v) is 22.4. The first-order valence-corrected chi connectivity index (χ1v) is 13.3. The Morgan fingerprint density at radius 2 is 1.67 bits per heavy atom. The molecular formula is C25H35N3O7S. The SMILES string of the molecule is CCNC(=O)[C@@H](CC)N(Cc1cccc(OC)c1)C(=O)CN(c1ccc(OC)c(OC)c1)S(C)(=O)=O. The number of methoxy groups -OCH3 is 3. The van der Waals surface area contributed by atoms with Crippen molar-refractivity contribution in [2.45, 2.75) is 32.9 Å². The largest absolute Gasteiger partial charge is 0.497 e. The van der Waals surface area contributed by atoms with Crippen molar-refractivity contribution in [3.05, 3.63) is 48.0 Å². The number of anilines is 1. The monoisotopic (exact) mass is 521 g/mol. The Balaban J connectivity index is 2.49. The van der Waals surface area contributed by atoms with Gasteiger partial charge in [0.25, 0.3) is 0 Å². The number of nitrogens with one attached hydrogen (secondary N) is 1.